The number of benzene rings is 1. The zero-order chi connectivity index (χ0) is 23.8. The van der Waals surface area contributed by atoms with E-state index >= 15 is 0 Å². The average Bonchev–Trinajstić information content (AvgIpc) is 3.43. The molecule has 1 amide bonds. The molecule has 1 aliphatic rings. The molecule has 4 aromatic rings. The van der Waals surface area contributed by atoms with Gasteiger partial charge in [-0.05, 0) is 49.2 Å². The fourth-order valence-corrected chi connectivity index (χ4v) is 4.72. The van der Waals surface area contributed by atoms with Crippen molar-refractivity contribution in [3.05, 3.63) is 66.2 Å². The number of carbonyl (C=O) groups excluding carboxylic acids is 1. The second kappa shape index (κ2) is 9.89. The van der Waals surface area contributed by atoms with Crippen LogP contribution in [0.3, 0.4) is 0 Å². The quantitative estimate of drug-likeness (QED) is 0.440. The molecule has 182 valence electrons. The van der Waals surface area contributed by atoms with Gasteiger partial charge in [-0.2, -0.15) is 5.10 Å². The Morgan fingerprint density at radius 2 is 1.91 bits per heavy atom. The SMILES string of the molecule is Cl.Cn1ncc(-c2ccc(C(=O)N(c3nccc4ccn(C)c34)[C@@H]3CCCNC3)cc2)c1C(=O)O. The number of anilines is 1. The van der Waals surface area contributed by atoms with Gasteiger partial charge in [0.1, 0.15) is 0 Å². The van der Waals surface area contributed by atoms with Gasteiger partial charge in [0.15, 0.2) is 11.5 Å². The van der Waals surface area contributed by atoms with E-state index in [2.05, 4.69) is 15.4 Å². The van der Waals surface area contributed by atoms with Crippen molar-refractivity contribution in [2.75, 3.05) is 18.0 Å². The third-order valence-corrected chi connectivity index (χ3v) is 6.43. The van der Waals surface area contributed by atoms with Gasteiger partial charge in [-0.1, -0.05) is 12.1 Å². The summed E-state index contributed by atoms with van der Waals surface area (Å²) in [5, 5.41) is 18.0. The van der Waals surface area contributed by atoms with Crippen molar-refractivity contribution in [1.82, 2.24) is 24.6 Å². The second-order valence-corrected chi connectivity index (χ2v) is 8.59. The largest absolute Gasteiger partial charge is 0.477 e. The van der Waals surface area contributed by atoms with E-state index in [9.17, 15) is 14.7 Å². The molecule has 1 fully saturated rings. The van der Waals surface area contributed by atoms with Crippen LogP contribution in [0.1, 0.15) is 33.7 Å². The van der Waals surface area contributed by atoms with E-state index < -0.39 is 5.97 Å². The standard InChI is InChI=1S/C25H26N6O3.ClH/c1-29-13-10-17-9-12-27-23(21(17)29)31(19-4-3-11-26-14-19)24(32)18-7-5-16(6-8-18)20-15-28-30(2)22(20)25(33)34;/h5-10,12-13,15,19,26H,3-4,11,14H2,1-2H3,(H,33,34);1H/t19-;/m1./s1. The minimum absolute atomic E-state index is 0. The second-order valence-electron chi connectivity index (χ2n) is 8.59. The summed E-state index contributed by atoms with van der Waals surface area (Å²) in [6.45, 7) is 1.63. The highest BCUT2D eigenvalue weighted by Gasteiger charge is 2.30. The number of pyridine rings is 1. The first-order valence-electron chi connectivity index (χ1n) is 11.3. The average molecular weight is 495 g/mol. The van der Waals surface area contributed by atoms with E-state index in [1.807, 2.05) is 34.8 Å². The molecule has 9 nitrogen and oxygen atoms in total. The summed E-state index contributed by atoms with van der Waals surface area (Å²) >= 11 is 0. The predicted molar refractivity (Wildman–Crippen MR) is 136 cm³/mol. The molecular weight excluding hydrogens is 468 g/mol. The van der Waals surface area contributed by atoms with Crippen LogP contribution in [-0.2, 0) is 14.1 Å². The molecule has 0 spiro atoms. The van der Waals surface area contributed by atoms with Crippen molar-refractivity contribution in [2.45, 2.75) is 18.9 Å². The topological polar surface area (TPSA) is 105 Å². The fourth-order valence-electron chi connectivity index (χ4n) is 4.72. The van der Waals surface area contributed by atoms with Crippen LogP contribution in [-0.4, -0.2) is 55.4 Å². The van der Waals surface area contributed by atoms with E-state index in [1.165, 1.54) is 10.9 Å². The Labute approximate surface area is 208 Å². The first-order valence-corrected chi connectivity index (χ1v) is 11.3. The Kier molecular flexibility index (Phi) is 6.90. The molecule has 35 heavy (non-hydrogen) atoms. The van der Waals surface area contributed by atoms with E-state index in [4.69, 9.17) is 0 Å². The summed E-state index contributed by atoms with van der Waals surface area (Å²) in [4.78, 5) is 32.0. The Balaban J connectivity index is 0.00000289. The number of aryl methyl sites for hydroxylation is 2. The van der Waals surface area contributed by atoms with E-state index in [-0.39, 0.29) is 30.0 Å². The Hall–Kier alpha value is -3.69. The van der Waals surface area contributed by atoms with Crippen molar-refractivity contribution in [3.63, 3.8) is 0 Å². The Morgan fingerprint density at radius 1 is 1.14 bits per heavy atom. The first-order chi connectivity index (χ1) is 16.5. The Morgan fingerprint density at radius 3 is 2.60 bits per heavy atom. The number of amides is 1. The van der Waals surface area contributed by atoms with Gasteiger partial charge in [0, 0.05) is 49.5 Å². The summed E-state index contributed by atoms with van der Waals surface area (Å²) < 4.78 is 3.33. The lowest BCUT2D eigenvalue weighted by Gasteiger charge is -2.34. The highest BCUT2D eigenvalue weighted by atomic mass is 35.5. The van der Waals surface area contributed by atoms with Crippen molar-refractivity contribution < 1.29 is 14.7 Å². The number of carbonyl (C=O) groups is 2. The maximum atomic E-state index is 13.9. The number of carboxylic acids is 1. The van der Waals surface area contributed by atoms with E-state index in [0.29, 0.717) is 29.1 Å². The number of hydrogen-bond acceptors (Lipinski definition) is 5. The van der Waals surface area contributed by atoms with Crippen LogP contribution in [0.5, 0.6) is 0 Å². The molecule has 2 N–H and O–H groups in total. The van der Waals surface area contributed by atoms with Gasteiger partial charge in [-0.3, -0.25) is 14.4 Å². The van der Waals surface area contributed by atoms with Gasteiger partial charge in [-0.25, -0.2) is 9.78 Å². The molecule has 5 rings (SSSR count). The van der Waals surface area contributed by atoms with Gasteiger partial charge >= 0.3 is 5.97 Å². The number of halogens is 1. The van der Waals surface area contributed by atoms with Crippen molar-refractivity contribution in [3.8, 4) is 11.1 Å². The molecule has 3 aromatic heterocycles. The van der Waals surface area contributed by atoms with Gasteiger partial charge < -0.3 is 15.0 Å². The molecule has 1 atom stereocenters. The summed E-state index contributed by atoms with van der Waals surface area (Å²) in [5.41, 5.74) is 2.74. The monoisotopic (exact) mass is 494 g/mol. The number of aromatic nitrogens is 4. The number of piperidine rings is 1. The number of nitrogens with one attached hydrogen (secondary N) is 1. The molecule has 1 aliphatic heterocycles. The molecule has 4 heterocycles. The first kappa shape index (κ1) is 24.4. The summed E-state index contributed by atoms with van der Waals surface area (Å²) in [7, 11) is 3.55. The van der Waals surface area contributed by atoms with Gasteiger partial charge in [0.2, 0.25) is 0 Å². The van der Waals surface area contributed by atoms with E-state index in [1.54, 1.807) is 37.5 Å². The van der Waals surface area contributed by atoms with Gasteiger partial charge in [-0.15, -0.1) is 12.4 Å². The maximum Gasteiger partial charge on any atom is 0.354 e. The maximum absolute atomic E-state index is 13.9. The molecule has 0 aliphatic carbocycles. The molecule has 10 heteroatoms. The fraction of sp³-hybridized carbons (Fsp3) is 0.280. The van der Waals surface area contributed by atoms with Crippen LogP contribution in [0.25, 0.3) is 22.0 Å². The summed E-state index contributed by atoms with van der Waals surface area (Å²) in [6, 6.07) is 11.0. The van der Waals surface area contributed by atoms with Crippen LogP contribution >= 0.6 is 12.4 Å². The number of nitrogens with zero attached hydrogens (tertiary/aromatic N) is 5. The third-order valence-electron chi connectivity index (χ3n) is 6.43. The van der Waals surface area contributed by atoms with Crippen LogP contribution in [0.15, 0.2) is 55.0 Å². The van der Waals surface area contributed by atoms with Crippen LogP contribution < -0.4 is 10.2 Å². The molecule has 0 saturated carbocycles. The number of aromatic carboxylic acids is 1. The van der Waals surface area contributed by atoms with E-state index in [0.717, 1.165) is 30.3 Å². The van der Waals surface area contributed by atoms with Crippen LogP contribution in [0, 0.1) is 0 Å². The van der Waals surface area contributed by atoms with Crippen molar-refractivity contribution in [2.24, 2.45) is 14.1 Å². The molecule has 0 bridgehead atoms. The van der Waals surface area contributed by atoms with Gasteiger partial charge in [0.05, 0.1) is 17.8 Å². The minimum Gasteiger partial charge on any atom is -0.477 e. The molecule has 1 saturated heterocycles. The van der Waals surface area contributed by atoms with Gasteiger partial charge in [0.25, 0.3) is 5.91 Å². The lowest BCUT2D eigenvalue weighted by molar-refractivity contribution is 0.0685. The molecular formula is C25H27ClN6O3. The number of carboxylic acid groups (broad SMARTS) is 1. The highest BCUT2D eigenvalue weighted by molar-refractivity contribution is 6.10. The lowest BCUT2D eigenvalue weighted by Crippen LogP contribution is -2.49. The number of fused-ring (bicyclic) bond motifs is 1. The van der Waals surface area contributed by atoms with Crippen molar-refractivity contribution >= 4 is 41.0 Å². The van der Waals surface area contributed by atoms with Crippen LogP contribution in [0.4, 0.5) is 5.82 Å². The number of hydrogen-bond donors (Lipinski definition) is 2. The lowest BCUT2D eigenvalue weighted by atomic mass is 10.0. The molecule has 0 unspecified atom stereocenters. The van der Waals surface area contributed by atoms with Crippen LogP contribution in [0.2, 0.25) is 0 Å². The Bertz CT molecular complexity index is 1370. The zero-order valence-corrected chi connectivity index (χ0v) is 20.3. The molecule has 0 radical (unpaired) electrons. The van der Waals surface area contributed by atoms with Crippen molar-refractivity contribution in [1.29, 1.82) is 0 Å². The highest BCUT2D eigenvalue weighted by Crippen LogP contribution is 2.30. The predicted octanol–water partition coefficient (Wildman–Crippen LogP) is 3.49. The summed E-state index contributed by atoms with van der Waals surface area (Å²) in [6.07, 6.45) is 7.11. The summed E-state index contributed by atoms with van der Waals surface area (Å²) in [5.74, 6) is -0.535. The smallest absolute Gasteiger partial charge is 0.354 e. The normalized spacial score (nSPS) is 15.5. The molecule has 1 aromatic carbocycles. The minimum atomic E-state index is -1.05. The third kappa shape index (κ3) is 4.40. The number of rotatable bonds is 5. The zero-order valence-electron chi connectivity index (χ0n) is 19.5.